The van der Waals surface area contributed by atoms with E-state index in [1.807, 2.05) is 13.0 Å². The first-order chi connectivity index (χ1) is 9.02. The molecule has 3 heteroatoms. The Morgan fingerprint density at radius 3 is 2.63 bits per heavy atom. The summed E-state index contributed by atoms with van der Waals surface area (Å²) in [5.74, 6) is 1.44. The average Bonchev–Trinajstić information content (AvgIpc) is 2.36. The predicted molar refractivity (Wildman–Crippen MR) is 84.4 cm³/mol. The molecule has 0 atom stereocenters. The number of hydrogen-bond acceptors (Lipinski definition) is 2. The fourth-order valence-corrected chi connectivity index (χ4v) is 2.31. The summed E-state index contributed by atoms with van der Waals surface area (Å²) >= 11 is 6.19. The highest BCUT2D eigenvalue weighted by Gasteiger charge is 2.11. The van der Waals surface area contributed by atoms with Gasteiger partial charge in [0.1, 0.15) is 5.82 Å². The van der Waals surface area contributed by atoms with E-state index in [-0.39, 0.29) is 0 Å². The number of rotatable bonds is 4. The number of hydrogen-bond donors (Lipinski definition) is 1. The van der Waals surface area contributed by atoms with Crippen LogP contribution in [-0.4, -0.2) is 11.5 Å². The second-order valence-corrected chi connectivity index (χ2v) is 5.71. The molecule has 0 aliphatic carbocycles. The van der Waals surface area contributed by atoms with Crippen LogP contribution in [0.25, 0.3) is 10.9 Å². The molecule has 0 radical (unpaired) electrons. The first-order valence-electron chi connectivity index (χ1n) is 6.87. The maximum Gasteiger partial charge on any atom is 0.130 e. The molecule has 1 aromatic carbocycles. The summed E-state index contributed by atoms with van der Waals surface area (Å²) in [5, 5.41) is 5.35. The zero-order valence-corrected chi connectivity index (χ0v) is 12.8. The SMILES string of the molecule is CCCNc1nc2cc(Cl)c(C)cc2cc1C(C)C. The first-order valence-corrected chi connectivity index (χ1v) is 7.25. The average molecular weight is 277 g/mol. The summed E-state index contributed by atoms with van der Waals surface area (Å²) in [4.78, 5) is 4.74. The Morgan fingerprint density at radius 1 is 1.26 bits per heavy atom. The molecule has 19 heavy (non-hydrogen) atoms. The molecule has 2 rings (SSSR count). The van der Waals surface area contributed by atoms with Gasteiger partial charge in [-0.05, 0) is 48.6 Å². The standard InChI is InChI=1S/C16H21ClN2/c1-5-6-18-16-13(10(2)3)8-12-7-11(4)14(17)9-15(12)19-16/h7-10H,5-6H2,1-4H3,(H,18,19). The molecular formula is C16H21ClN2. The molecular weight excluding hydrogens is 256 g/mol. The van der Waals surface area contributed by atoms with E-state index in [1.165, 1.54) is 5.56 Å². The lowest BCUT2D eigenvalue weighted by molar-refractivity contribution is 0.856. The maximum absolute atomic E-state index is 6.19. The minimum Gasteiger partial charge on any atom is -0.370 e. The third-order valence-corrected chi connectivity index (χ3v) is 3.70. The van der Waals surface area contributed by atoms with E-state index < -0.39 is 0 Å². The van der Waals surface area contributed by atoms with Crippen LogP contribution in [0.2, 0.25) is 5.02 Å². The molecule has 0 saturated heterocycles. The second-order valence-electron chi connectivity index (χ2n) is 5.30. The van der Waals surface area contributed by atoms with E-state index in [1.54, 1.807) is 0 Å². The molecule has 0 aliphatic rings. The van der Waals surface area contributed by atoms with Crippen LogP contribution in [0.4, 0.5) is 5.82 Å². The lowest BCUT2D eigenvalue weighted by Gasteiger charge is -2.15. The lowest BCUT2D eigenvalue weighted by Crippen LogP contribution is -2.06. The third kappa shape index (κ3) is 3.01. The fourth-order valence-electron chi connectivity index (χ4n) is 2.15. The minimum atomic E-state index is 0.451. The highest BCUT2D eigenvalue weighted by atomic mass is 35.5. The lowest BCUT2D eigenvalue weighted by atomic mass is 10.0. The van der Waals surface area contributed by atoms with Gasteiger partial charge >= 0.3 is 0 Å². The highest BCUT2D eigenvalue weighted by molar-refractivity contribution is 6.32. The van der Waals surface area contributed by atoms with Crippen molar-refractivity contribution in [3.63, 3.8) is 0 Å². The van der Waals surface area contributed by atoms with Gasteiger partial charge in [-0.1, -0.05) is 32.4 Å². The normalized spacial score (nSPS) is 11.3. The third-order valence-electron chi connectivity index (χ3n) is 3.29. The van der Waals surface area contributed by atoms with Crippen LogP contribution in [-0.2, 0) is 0 Å². The van der Waals surface area contributed by atoms with Crippen molar-refractivity contribution >= 4 is 28.3 Å². The molecule has 2 aromatic rings. The summed E-state index contributed by atoms with van der Waals surface area (Å²) < 4.78 is 0. The van der Waals surface area contributed by atoms with Crippen molar-refractivity contribution in [3.8, 4) is 0 Å². The number of pyridine rings is 1. The molecule has 1 heterocycles. The number of benzene rings is 1. The molecule has 2 nitrogen and oxygen atoms in total. The maximum atomic E-state index is 6.19. The number of nitrogens with one attached hydrogen (secondary N) is 1. The summed E-state index contributed by atoms with van der Waals surface area (Å²) in [7, 11) is 0. The van der Waals surface area contributed by atoms with Crippen LogP contribution >= 0.6 is 11.6 Å². The number of fused-ring (bicyclic) bond motifs is 1. The van der Waals surface area contributed by atoms with Gasteiger partial charge in [0.15, 0.2) is 0 Å². The zero-order chi connectivity index (χ0) is 14.0. The van der Waals surface area contributed by atoms with Crippen molar-refractivity contribution in [3.05, 3.63) is 34.3 Å². The van der Waals surface area contributed by atoms with Gasteiger partial charge in [0.25, 0.3) is 0 Å². The largest absolute Gasteiger partial charge is 0.370 e. The summed E-state index contributed by atoms with van der Waals surface area (Å²) in [5.41, 5.74) is 3.32. The van der Waals surface area contributed by atoms with Gasteiger partial charge in [-0.2, -0.15) is 0 Å². The Morgan fingerprint density at radius 2 is 2.00 bits per heavy atom. The molecule has 0 aliphatic heterocycles. The van der Waals surface area contributed by atoms with E-state index >= 15 is 0 Å². The molecule has 1 aromatic heterocycles. The van der Waals surface area contributed by atoms with Crippen LogP contribution in [0.5, 0.6) is 0 Å². The van der Waals surface area contributed by atoms with Gasteiger partial charge in [-0.25, -0.2) is 4.98 Å². The number of aryl methyl sites for hydroxylation is 1. The molecule has 0 fully saturated rings. The van der Waals surface area contributed by atoms with Gasteiger partial charge in [0.2, 0.25) is 0 Å². The van der Waals surface area contributed by atoms with E-state index in [0.717, 1.165) is 40.3 Å². The predicted octanol–water partition coefficient (Wildman–Crippen LogP) is 5.14. The topological polar surface area (TPSA) is 24.9 Å². The van der Waals surface area contributed by atoms with E-state index in [9.17, 15) is 0 Å². The van der Waals surface area contributed by atoms with Crippen LogP contribution < -0.4 is 5.32 Å². The van der Waals surface area contributed by atoms with Gasteiger partial charge in [0.05, 0.1) is 5.52 Å². The Kier molecular flexibility index (Phi) is 4.31. The first kappa shape index (κ1) is 14.1. The highest BCUT2D eigenvalue weighted by Crippen LogP contribution is 2.29. The molecule has 0 amide bonds. The molecule has 0 spiro atoms. The van der Waals surface area contributed by atoms with Crippen molar-refractivity contribution in [2.75, 3.05) is 11.9 Å². The number of halogens is 1. The molecule has 0 unspecified atom stereocenters. The van der Waals surface area contributed by atoms with Gasteiger partial charge in [0, 0.05) is 17.0 Å². The fraction of sp³-hybridized carbons (Fsp3) is 0.438. The smallest absolute Gasteiger partial charge is 0.130 e. The quantitative estimate of drug-likeness (QED) is 0.836. The van der Waals surface area contributed by atoms with E-state index in [0.29, 0.717) is 5.92 Å². The Bertz CT molecular complexity index is 591. The minimum absolute atomic E-state index is 0.451. The summed E-state index contributed by atoms with van der Waals surface area (Å²) in [6, 6.07) is 6.29. The van der Waals surface area contributed by atoms with Crippen LogP contribution in [0.1, 0.15) is 44.2 Å². The monoisotopic (exact) mass is 276 g/mol. The number of nitrogens with zero attached hydrogens (tertiary/aromatic N) is 1. The summed E-state index contributed by atoms with van der Waals surface area (Å²) in [6.07, 6.45) is 1.09. The zero-order valence-electron chi connectivity index (χ0n) is 12.0. The summed E-state index contributed by atoms with van der Waals surface area (Å²) in [6.45, 7) is 9.52. The van der Waals surface area contributed by atoms with Crippen molar-refractivity contribution in [2.24, 2.45) is 0 Å². The van der Waals surface area contributed by atoms with Gasteiger partial charge < -0.3 is 5.32 Å². The molecule has 0 bridgehead atoms. The Labute approximate surface area is 120 Å². The van der Waals surface area contributed by atoms with E-state index in [4.69, 9.17) is 16.6 Å². The van der Waals surface area contributed by atoms with Crippen molar-refractivity contribution in [1.29, 1.82) is 0 Å². The van der Waals surface area contributed by atoms with Crippen molar-refractivity contribution in [1.82, 2.24) is 4.98 Å². The number of aromatic nitrogens is 1. The molecule has 1 N–H and O–H groups in total. The Hall–Kier alpha value is -1.28. The molecule has 102 valence electrons. The van der Waals surface area contributed by atoms with Gasteiger partial charge in [-0.3, -0.25) is 0 Å². The van der Waals surface area contributed by atoms with Crippen LogP contribution in [0.15, 0.2) is 18.2 Å². The number of anilines is 1. The van der Waals surface area contributed by atoms with E-state index in [2.05, 4.69) is 38.2 Å². The molecule has 0 saturated carbocycles. The second kappa shape index (κ2) is 5.79. The van der Waals surface area contributed by atoms with Crippen LogP contribution in [0.3, 0.4) is 0 Å². The van der Waals surface area contributed by atoms with Crippen LogP contribution in [0, 0.1) is 6.92 Å². The van der Waals surface area contributed by atoms with Crippen molar-refractivity contribution in [2.45, 2.75) is 40.0 Å². The Balaban J connectivity index is 2.58. The van der Waals surface area contributed by atoms with Gasteiger partial charge in [-0.15, -0.1) is 0 Å². The van der Waals surface area contributed by atoms with Crippen molar-refractivity contribution < 1.29 is 0 Å².